The minimum atomic E-state index is -0.477. The molecule has 7 nitrogen and oxygen atoms in total. The van der Waals surface area contributed by atoms with Crippen LogP contribution in [0.4, 0.5) is 10.5 Å². The van der Waals surface area contributed by atoms with Gasteiger partial charge in [0.25, 0.3) is 0 Å². The Morgan fingerprint density at radius 1 is 1.33 bits per heavy atom. The zero-order chi connectivity index (χ0) is 19.2. The first-order chi connectivity index (χ1) is 12.3. The zero-order valence-electron chi connectivity index (χ0n) is 16.5. The van der Waals surface area contributed by atoms with Crippen molar-refractivity contribution in [3.63, 3.8) is 0 Å². The summed E-state index contributed by atoms with van der Waals surface area (Å²) in [7, 11) is 1.63. The van der Waals surface area contributed by atoms with Gasteiger partial charge >= 0.3 is 6.09 Å². The number of nitrogens with zero attached hydrogens (tertiary/aromatic N) is 2. The van der Waals surface area contributed by atoms with E-state index >= 15 is 0 Å². The lowest BCUT2D eigenvalue weighted by atomic mass is 9.98. The number of methoxy groups -OCH3 is 1. The predicted octanol–water partition coefficient (Wildman–Crippen LogP) is 3.69. The first kappa shape index (κ1) is 23.3. The molecule has 0 aliphatic carbocycles. The second-order valence-corrected chi connectivity index (χ2v) is 7.51. The van der Waals surface area contributed by atoms with E-state index in [-0.39, 0.29) is 36.0 Å². The van der Waals surface area contributed by atoms with Crippen LogP contribution in [0.5, 0.6) is 5.75 Å². The van der Waals surface area contributed by atoms with Crippen molar-refractivity contribution in [2.45, 2.75) is 39.2 Å². The summed E-state index contributed by atoms with van der Waals surface area (Å²) in [6, 6.07) is 7.48. The fourth-order valence-electron chi connectivity index (χ4n) is 2.80. The monoisotopic (exact) mass is 490 g/mol. The Morgan fingerprint density at radius 2 is 2.00 bits per heavy atom. The van der Waals surface area contributed by atoms with Crippen molar-refractivity contribution < 1.29 is 14.3 Å². The van der Waals surface area contributed by atoms with Gasteiger partial charge in [-0.2, -0.15) is 0 Å². The summed E-state index contributed by atoms with van der Waals surface area (Å²) in [4.78, 5) is 18.4. The molecular weight excluding hydrogens is 459 g/mol. The molecule has 0 aromatic heterocycles. The molecule has 1 unspecified atom stereocenters. The summed E-state index contributed by atoms with van der Waals surface area (Å²) >= 11 is 0. The summed E-state index contributed by atoms with van der Waals surface area (Å²) in [5.74, 6) is 1.44. The lowest BCUT2D eigenvalue weighted by molar-refractivity contribution is 0.0171. The molecule has 0 spiro atoms. The van der Waals surface area contributed by atoms with Crippen LogP contribution >= 0.6 is 24.0 Å². The molecule has 2 rings (SSSR count). The number of carbonyl (C=O) groups excluding carboxylic acids is 1. The number of nitrogens with one attached hydrogen (secondary N) is 1. The van der Waals surface area contributed by atoms with E-state index in [1.54, 1.807) is 12.0 Å². The SMILES string of the molecule is COc1ccc(NC(N)=NCC2CCCN(C(=O)OC(C)(C)C)C2)cc1.I. The van der Waals surface area contributed by atoms with E-state index in [1.165, 1.54) is 0 Å². The topological polar surface area (TPSA) is 89.2 Å². The van der Waals surface area contributed by atoms with Crippen LogP contribution in [0.25, 0.3) is 0 Å². The number of hydrogen-bond donors (Lipinski definition) is 2. The third-order valence-corrected chi connectivity index (χ3v) is 4.05. The van der Waals surface area contributed by atoms with Gasteiger partial charge in [0.15, 0.2) is 5.96 Å². The van der Waals surface area contributed by atoms with E-state index in [9.17, 15) is 4.79 Å². The van der Waals surface area contributed by atoms with E-state index in [1.807, 2.05) is 45.0 Å². The van der Waals surface area contributed by atoms with Crippen LogP contribution in [0.1, 0.15) is 33.6 Å². The molecule has 0 saturated carbocycles. The third-order valence-electron chi connectivity index (χ3n) is 4.05. The fraction of sp³-hybridized carbons (Fsp3) is 0.579. The van der Waals surface area contributed by atoms with E-state index in [0.717, 1.165) is 30.8 Å². The first-order valence-corrected chi connectivity index (χ1v) is 8.96. The highest BCUT2D eigenvalue weighted by Crippen LogP contribution is 2.20. The van der Waals surface area contributed by atoms with Crippen LogP contribution in [-0.2, 0) is 4.74 Å². The highest BCUT2D eigenvalue weighted by atomic mass is 127. The largest absolute Gasteiger partial charge is 0.497 e. The summed E-state index contributed by atoms with van der Waals surface area (Å²) in [5, 5.41) is 3.06. The van der Waals surface area contributed by atoms with Gasteiger partial charge in [-0.05, 0) is 63.8 Å². The van der Waals surface area contributed by atoms with Crippen molar-refractivity contribution in [3.8, 4) is 5.75 Å². The lowest BCUT2D eigenvalue weighted by Crippen LogP contribution is -2.43. The van der Waals surface area contributed by atoms with Crippen molar-refractivity contribution in [3.05, 3.63) is 24.3 Å². The normalized spacial score (nSPS) is 17.7. The Hall–Kier alpha value is -1.71. The van der Waals surface area contributed by atoms with Crippen molar-refractivity contribution in [2.24, 2.45) is 16.6 Å². The zero-order valence-corrected chi connectivity index (χ0v) is 18.9. The van der Waals surface area contributed by atoms with Crippen LogP contribution < -0.4 is 15.8 Å². The number of amides is 1. The van der Waals surface area contributed by atoms with Crippen LogP contribution in [0.2, 0.25) is 0 Å². The number of likely N-dealkylation sites (tertiary alicyclic amines) is 1. The standard InChI is InChI=1S/C19H30N4O3.HI/c1-19(2,3)26-18(24)23-11-5-6-14(13-23)12-21-17(20)22-15-7-9-16(25-4)10-8-15;/h7-10,14H,5-6,11-13H2,1-4H3,(H3,20,21,22);1H. The highest BCUT2D eigenvalue weighted by molar-refractivity contribution is 14.0. The first-order valence-electron chi connectivity index (χ1n) is 8.96. The molecule has 1 aliphatic rings. The molecule has 1 heterocycles. The molecule has 1 aromatic rings. The Labute approximate surface area is 178 Å². The van der Waals surface area contributed by atoms with Gasteiger partial charge in [-0.15, -0.1) is 24.0 Å². The molecule has 1 aliphatic heterocycles. The maximum Gasteiger partial charge on any atom is 0.410 e. The number of carbonyl (C=O) groups is 1. The van der Waals surface area contributed by atoms with Crippen molar-refractivity contribution >= 4 is 41.7 Å². The predicted molar refractivity (Wildman–Crippen MR) is 119 cm³/mol. The van der Waals surface area contributed by atoms with Crippen molar-refractivity contribution in [2.75, 3.05) is 32.1 Å². The Kier molecular flexibility index (Phi) is 9.14. The highest BCUT2D eigenvalue weighted by Gasteiger charge is 2.27. The van der Waals surface area contributed by atoms with Gasteiger partial charge in [-0.1, -0.05) is 0 Å². The van der Waals surface area contributed by atoms with E-state index < -0.39 is 5.60 Å². The Bertz CT molecular complexity index is 629. The number of aliphatic imine (C=N–C) groups is 1. The number of anilines is 1. The Balaban J connectivity index is 0.00000364. The molecule has 0 bridgehead atoms. The van der Waals surface area contributed by atoms with E-state index in [4.69, 9.17) is 15.2 Å². The van der Waals surface area contributed by atoms with E-state index in [2.05, 4.69) is 10.3 Å². The van der Waals surface area contributed by atoms with Crippen LogP contribution in [0, 0.1) is 5.92 Å². The van der Waals surface area contributed by atoms with Crippen LogP contribution in [0.3, 0.4) is 0 Å². The molecule has 0 radical (unpaired) electrons. The molecule has 8 heteroatoms. The molecule has 1 fully saturated rings. The maximum absolute atomic E-state index is 12.2. The number of benzene rings is 1. The quantitative estimate of drug-likeness (QED) is 0.382. The Morgan fingerprint density at radius 3 is 2.59 bits per heavy atom. The summed E-state index contributed by atoms with van der Waals surface area (Å²) in [5.41, 5.74) is 6.35. The van der Waals surface area contributed by atoms with Gasteiger partial charge in [-0.3, -0.25) is 4.99 Å². The number of hydrogen-bond acceptors (Lipinski definition) is 4. The number of piperidine rings is 1. The minimum absolute atomic E-state index is 0. The van der Waals surface area contributed by atoms with Gasteiger partial charge < -0.3 is 25.4 Å². The van der Waals surface area contributed by atoms with Gasteiger partial charge in [0.05, 0.1) is 7.11 Å². The molecule has 3 N–H and O–H groups in total. The van der Waals surface area contributed by atoms with Gasteiger partial charge in [-0.25, -0.2) is 4.79 Å². The maximum atomic E-state index is 12.2. The molecule has 27 heavy (non-hydrogen) atoms. The number of nitrogens with two attached hydrogens (primary N) is 1. The summed E-state index contributed by atoms with van der Waals surface area (Å²) in [6.45, 7) is 7.59. The lowest BCUT2D eigenvalue weighted by Gasteiger charge is -2.33. The second-order valence-electron chi connectivity index (χ2n) is 7.51. The van der Waals surface area contributed by atoms with Gasteiger partial charge in [0, 0.05) is 25.3 Å². The number of rotatable bonds is 4. The molecule has 1 saturated heterocycles. The summed E-state index contributed by atoms with van der Waals surface area (Å²) in [6.07, 6.45) is 1.72. The average molecular weight is 490 g/mol. The minimum Gasteiger partial charge on any atom is -0.497 e. The molecule has 1 amide bonds. The average Bonchev–Trinajstić information content (AvgIpc) is 2.59. The van der Waals surface area contributed by atoms with Gasteiger partial charge in [0.2, 0.25) is 0 Å². The number of halogens is 1. The van der Waals surface area contributed by atoms with Crippen molar-refractivity contribution in [1.82, 2.24) is 4.90 Å². The van der Waals surface area contributed by atoms with Crippen molar-refractivity contribution in [1.29, 1.82) is 0 Å². The fourth-order valence-corrected chi connectivity index (χ4v) is 2.80. The molecular formula is C19H31IN4O3. The molecule has 1 aromatic carbocycles. The van der Waals surface area contributed by atoms with E-state index in [0.29, 0.717) is 19.0 Å². The van der Waals surface area contributed by atoms with Crippen LogP contribution in [0.15, 0.2) is 29.3 Å². The summed E-state index contributed by atoms with van der Waals surface area (Å²) < 4.78 is 10.6. The third kappa shape index (κ3) is 8.23. The van der Waals surface area contributed by atoms with Crippen LogP contribution in [-0.4, -0.2) is 49.3 Å². The second kappa shape index (κ2) is 10.6. The van der Waals surface area contributed by atoms with Gasteiger partial charge in [0.1, 0.15) is 11.4 Å². The number of ether oxygens (including phenoxy) is 2. The molecule has 1 atom stereocenters. The smallest absolute Gasteiger partial charge is 0.410 e. The molecule has 152 valence electrons. The number of guanidine groups is 1.